The molecule has 4 heteroatoms. The van der Waals surface area contributed by atoms with Gasteiger partial charge in [-0.15, -0.1) is 0 Å². The quantitative estimate of drug-likeness (QED) is 0.837. The molecule has 0 aliphatic carbocycles. The van der Waals surface area contributed by atoms with Gasteiger partial charge < -0.3 is 5.32 Å². The van der Waals surface area contributed by atoms with E-state index in [9.17, 15) is 9.59 Å². The van der Waals surface area contributed by atoms with Crippen LogP contribution in [-0.4, -0.2) is 18.2 Å². The third-order valence-corrected chi connectivity index (χ3v) is 2.48. The van der Waals surface area contributed by atoms with Gasteiger partial charge in [0.2, 0.25) is 5.91 Å². The summed E-state index contributed by atoms with van der Waals surface area (Å²) in [5.41, 5.74) is 1.39. The highest BCUT2D eigenvalue weighted by Crippen LogP contribution is 2.18. The molecule has 0 unspecified atom stereocenters. The molecule has 1 N–H and O–H groups in total. The van der Waals surface area contributed by atoms with E-state index in [4.69, 9.17) is 11.6 Å². The second kappa shape index (κ2) is 6.21. The number of rotatable bonds is 4. The highest BCUT2D eigenvalue weighted by Gasteiger charge is 2.04. The number of hydrogen-bond donors (Lipinski definition) is 1. The Morgan fingerprint density at radius 2 is 2.06 bits per heavy atom. The molecule has 0 aliphatic rings. The average Bonchev–Trinajstić information content (AvgIpc) is 2.25. The van der Waals surface area contributed by atoms with Gasteiger partial charge in [0.25, 0.3) is 0 Å². The number of carbonyl (C=O) groups excluding carboxylic acids is 2. The Labute approximate surface area is 105 Å². The number of carbonyl (C=O) groups is 2. The minimum Gasteiger partial charge on any atom is -0.353 e. The van der Waals surface area contributed by atoms with Crippen molar-refractivity contribution < 1.29 is 9.59 Å². The molecule has 0 fully saturated rings. The lowest BCUT2D eigenvalue weighted by atomic mass is 10.1. The molecular formula is C13H14ClNO2. The fraction of sp³-hybridized carbons (Fsp3) is 0.231. The Morgan fingerprint density at radius 1 is 1.35 bits per heavy atom. The second-order valence-corrected chi connectivity index (χ2v) is 4.04. The van der Waals surface area contributed by atoms with Crippen LogP contribution in [0.25, 0.3) is 6.08 Å². The monoisotopic (exact) mass is 251 g/mol. The van der Waals surface area contributed by atoms with Crippen molar-refractivity contribution in [3.63, 3.8) is 0 Å². The van der Waals surface area contributed by atoms with Crippen LogP contribution in [0, 0.1) is 0 Å². The highest BCUT2D eigenvalue weighted by molar-refractivity contribution is 6.33. The van der Waals surface area contributed by atoms with Crippen molar-refractivity contribution in [1.82, 2.24) is 5.32 Å². The molecule has 90 valence electrons. The van der Waals surface area contributed by atoms with Gasteiger partial charge >= 0.3 is 0 Å². The molecule has 1 aromatic carbocycles. The summed E-state index contributed by atoms with van der Waals surface area (Å²) < 4.78 is 0. The predicted molar refractivity (Wildman–Crippen MR) is 69.2 cm³/mol. The Bertz CT molecular complexity index is 466. The van der Waals surface area contributed by atoms with Gasteiger partial charge in [-0.05, 0) is 24.6 Å². The molecule has 17 heavy (non-hydrogen) atoms. The number of benzene rings is 1. The Kier molecular flexibility index (Phi) is 4.91. The first-order valence-corrected chi connectivity index (χ1v) is 5.60. The lowest BCUT2D eigenvalue weighted by Crippen LogP contribution is -2.19. The SMILES string of the molecule is CC(=O)NCC=Cc1ccc(Cl)c(C(C)=O)c1. The van der Waals surface area contributed by atoms with Crippen LogP contribution in [0.5, 0.6) is 0 Å². The Hall–Kier alpha value is -1.61. The van der Waals surface area contributed by atoms with E-state index in [1.54, 1.807) is 12.1 Å². The third kappa shape index (κ3) is 4.41. The summed E-state index contributed by atoms with van der Waals surface area (Å²) in [5.74, 6) is -0.137. The topological polar surface area (TPSA) is 46.2 Å². The number of nitrogens with one attached hydrogen (secondary N) is 1. The van der Waals surface area contributed by atoms with Crippen LogP contribution in [0.1, 0.15) is 29.8 Å². The van der Waals surface area contributed by atoms with Crippen molar-refractivity contribution >= 4 is 29.4 Å². The normalized spacial score (nSPS) is 10.5. The largest absolute Gasteiger partial charge is 0.353 e. The van der Waals surface area contributed by atoms with E-state index in [1.165, 1.54) is 13.8 Å². The zero-order chi connectivity index (χ0) is 12.8. The Balaban J connectivity index is 2.75. The predicted octanol–water partition coefficient (Wildman–Crippen LogP) is 2.69. The van der Waals surface area contributed by atoms with Crippen molar-refractivity contribution in [2.75, 3.05) is 6.54 Å². The summed E-state index contributed by atoms with van der Waals surface area (Å²) in [4.78, 5) is 21.9. The number of ketones is 1. The van der Waals surface area contributed by atoms with Gasteiger partial charge in [-0.1, -0.05) is 29.8 Å². The van der Waals surface area contributed by atoms with Gasteiger partial charge in [0.05, 0.1) is 5.02 Å². The fourth-order valence-corrected chi connectivity index (χ4v) is 1.56. The van der Waals surface area contributed by atoms with Crippen LogP contribution in [0.15, 0.2) is 24.3 Å². The summed E-state index contributed by atoms with van der Waals surface area (Å²) in [6.45, 7) is 3.41. The van der Waals surface area contributed by atoms with Gasteiger partial charge in [-0.3, -0.25) is 9.59 Å². The molecule has 0 saturated heterocycles. The maximum Gasteiger partial charge on any atom is 0.217 e. The molecule has 0 spiro atoms. The van der Waals surface area contributed by atoms with Crippen molar-refractivity contribution in [2.24, 2.45) is 0 Å². The summed E-state index contributed by atoms with van der Waals surface area (Å²) >= 11 is 5.89. The van der Waals surface area contributed by atoms with Crippen molar-refractivity contribution in [2.45, 2.75) is 13.8 Å². The zero-order valence-corrected chi connectivity index (χ0v) is 10.5. The minimum absolute atomic E-state index is 0.0629. The lowest BCUT2D eigenvalue weighted by molar-refractivity contribution is -0.118. The van der Waals surface area contributed by atoms with Crippen molar-refractivity contribution in [3.8, 4) is 0 Å². The van der Waals surface area contributed by atoms with E-state index in [0.717, 1.165) is 5.56 Å². The average molecular weight is 252 g/mol. The van der Waals surface area contributed by atoms with Crippen molar-refractivity contribution in [3.05, 3.63) is 40.4 Å². The van der Waals surface area contributed by atoms with Crippen LogP contribution in [0.3, 0.4) is 0 Å². The maximum atomic E-state index is 11.3. The molecule has 0 saturated carbocycles. The molecule has 3 nitrogen and oxygen atoms in total. The third-order valence-electron chi connectivity index (χ3n) is 2.15. The number of hydrogen-bond acceptors (Lipinski definition) is 2. The summed E-state index contributed by atoms with van der Waals surface area (Å²) in [6, 6.07) is 5.24. The van der Waals surface area contributed by atoms with E-state index in [2.05, 4.69) is 5.32 Å². The molecule has 0 atom stereocenters. The van der Waals surface area contributed by atoms with Gasteiger partial charge in [0.15, 0.2) is 5.78 Å². The van der Waals surface area contributed by atoms with Crippen LogP contribution in [0.4, 0.5) is 0 Å². The maximum absolute atomic E-state index is 11.3. The van der Waals surface area contributed by atoms with Gasteiger partial charge in [-0.2, -0.15) is 0 Å². The molecule has 1 aromatic rings. The first-order valence-electron chi connectivity index (χ1n) is 5.22. The molecule has 1 amide bonds. The number of halogens is 1. The first-order chi connectivity index (χ1) is 8.00. The standard InChI is InChI=1S/C13H14ClNO2/c1-9(16)12-8-11(5-6-13(12)14)4-3-7-15-10(2)17/h3-6,8H,7H2,1-2H3,(H,15,17). The van der Waals surface area contributed by atoms with Gasteiger partial charge in [-0.25, -0.2) is 0 Å². The number of amides is 1. The Morgan fingerprint density at radius 3 is 2.65 bits per heavy atom. The first kappa shape index (κ1) is 13.5. The lowest BCUT2D eigenvalue weighted by Gasteiger charge is -2.01. The summed E-state index contributed by atoms with van der Waals surface area (Å²) in [5, 5.41) is 3.10. The van der Waals surface area contributed by atoms with Gasteiger partial charge in [0.1, 0.15) is 0 Å². The van der Waals surface area contributed by atoms with Crippen LogP contribution in [0.2, 0.25) is 5.02 Å². The second-order valence-electron chi connectivity index (χ2n) is 3.63. The van der Waals surface area contributed by atoms with Crippen molar-refractivity contribution in [1.29, 1.82) is 0 Å². The van der Waals surface area contributed by atoms with E-state index in [0.29, 0.717) is 17.1 Å². The smallest absolute Gasteiger partial charge is 0.217 e. The van der Waals surface area contributed by atoms with Crippen LogP contribution >= 0.6 is 11.6 Å². The summed E-state index contributed by atoms with van der Waals surface area (Å²) in [6.07, 6.45) is 3.65. The fourth-order valence-electron chi connectivity index (χ4n) is 1.31. The molecular weight excluding hydrogens is 238 g/mol. The molecule has 0 radical (unpaired) electrons. The molecule has 0 aromatic heterocycles. The molecule has 0 bridgehead atoms. The van der Waals surface area contributed by atoms with Gasteiger partial charge in [0, 0.05) is 19.0 Å². The van der Waals surface area contributed by atoms with Crippen LogP contribution in [-0.2, 0) is 4.79 Å². The molecule has 1 rings (SSSR count). The highest BCUT2D eigenvalue weighted by atomic mass is 35.5. The van der Waals surface area contributed by atoms with E-state index in [-0.39, 0.29) is 11.7 Å². The van der Waals surface area contributed by atoms with E-state index < -0.39 is 0 Å². The van der Waals surface area contributed by atoms with Crippen LogP contribution < -0.4 is 5.32 Å². The zero-order valence-electron chi connectivity index (χ0n) is 9.79. The van der Waals surface area contributed by atoms with E-state index >= 15 is 0 Å². The summed E-state index contributed by atoms with van der Waals surface area (Å²) in [7, 11) is 0. The molecule has 0 aliphatic heterocycles. The van der Waals surface area contributed by atoms with E-state index in [1.807, 2.05) is 18.2 Å². The molecule has 0 heterocycles. The number of Topliss-reactive ketones (excluding diaryl/α,β-unsaturated/α-hetero) is 1. The minimum atomic E-state index is -0.0739.